The normalized spacial score (nSPS) is 11.5. The van der Waals surface area contributed by atoms with Gasteiger partial charge in [-0.2, -0.15) is 5.10 Å². The molecule has 0 aliphatic rings. The van der Waals surface area contributed by atoms with Gasteiger partial charge in [0.05, 0.1) is 11.2 Å². The van der Waals surface area contributed by atoms with Gasteiger partial charge in [-0.3, -0.25) is 4.68 Å². The van der Waals surface area contributed by atoms with Crippen LogP contribution in [-0.4, -0.2) is 16.2 Å². The highest BCUT2D eigenvalue weighted by atomic mass is 19.3. The van der Waals surface area contributed by atoms with Crippen molar-refractivity contribution in [1.82, 2.24) is 9.78 Å². The molecule has 2 N–H and O–H groups in total. The summed E-state index contributed by atoms with van der Waals surface area (Å²) in [7, 11) is 0. The SMILES string of the molecule is Cc1nn(CC(F)F)c2cc(N)ccc12. The Labute approximate surface area is 85.5 Å². The Morgan fingerprint density at radius 1 is 1.47 bits per heavy atom. The van der Waals surface area contributed by atoms with Gasteiger partial charge in [-0.15, -0.1) is 0 Å². The Bertz CT molecular complexity index is 491. The number of nitrogen functional groups attached to an aromatic ring is 1. The molecule has 2 aromatic rings. The number of aryl methyl sites for hydroxylation is 1. The second-order valence-electron chi connectivity index (χ2n) is 3.44. The van der Waals surface area contributed by atoms with E-state index < -0.39 is 13.0 Å². The summed E-state index contributed by atoms with van der Waals surface area (Å²) in [5, 5.41) is 4.92. The van der Waals surface area contributed by atoms with Crippen molar-refractivity contribution in [2.24, 2.45) is 0 Å². The molecule has 0 amide bonds. The number of rotatable bonds is 2. The Hall–Kier alpha value is -1.65. The summed E-state index contributed by atoms with van der Waals surface area (Å²) in [5.74, 6) is 0. The van der Waals surface area contributed by atoms with Gasteiger partial charge < -0.3 is 5.73 Å². The lowest BCUT2D eigenvalue weighted by Gasteiger charge is -2.02. The molecule has 0 atom stereocenters. The van der Waals surface area contributed by atoms with Gasteiger partial charge in [0.15, 0.2) is 0 Å². The Morgan fingerprint density at radius 3 is 2.87 bits per heavy atom. The third-order valence-corrected chi connectivity index (χ3v) is 2.27. The third kappa shape index (κ3) is 1.77. The number of aromatic nitrogens is 2. The zero-order valence-corrected chi connectivity index (χ0v) is 8.24. The summed E-state index contributed by atoms with van der Waals surface area (Å²) in [5.41, 5.74) is 7.56. The molecule has 0 radical (unpaired) electrons. The highest BCUT2D eigenvalue weighted by Crippen LogP contribution is 2.21. The van der Waals surface area contributed by atoms with Crippen LogP contribution in [0, 0.1) is 6.92 Å². The Morgan fingerprint density at radius 2 is 2.20 bits per heavy atom. The smallest absolute Gasteiger partial charge is 0.257 e. The van der Waals surface area contributed by atoms with Gasteiger partial charge in [0.2, 0.25) is 0 Å². The number of hydrogen-bond acceptors (Lipinski definition) is 2. The molecule has 1 heterocycles. The Balaban J connectivity index is 2.59. The molecule has 0 saturated heterocycles. The molecule has 0 unspecified atom stereocenters. The van der Waals surface area contributed by atoms with Gasteiger partial charge >= 0.3 is 0 Å². The lowest BCUT2D eigenvalue weighted by atomic mass is 10.2. The number of benzene rings is 1. The number of halogens is 2. The molecule has 2 rings (SSSR count). The minimum Gasteiger partial charge on any atom is -0.399 e. The molecule has 1 aromatic carbocycles. The maximum Gasteiger partial charge on any atom is 0.257 e. The second kappa shape index (κ2) is 3.49. The minimum absolute atomic E-state index is 0.395. The first-order valence-corrected chi connectivity index (χ1v) is 4.58. The first-order chi connectivity index (χ1) is 7.08. The average Bonchev–Trinajstić information content (AvgIpc) is 2.42. The summed E-state index contributed by atoms with van der Waals surface area (Å²) in [4.78, 5) is 0. The van der Waals surface area contributed by atoms with Gasteiger partial charge in [0.25, 0.3) is 6.43 Å². The monoisotopic (exact) mass is 211 g/mol. The van der Waals surface area contributed by atoms with Gasteiger partial charge in [0.1, 0.15) is 6.54 Å². The van der Waals surface area contributed by atoms with Crippen LogP contribution >= 0.6 is 0 Å². The fourth-order valence-corrected chi connectivity index (χ4v) is 1.63. The van der Waals surface area contributed by atoms with E-state index in [1.807, 2.05) is 0 Å². The topological polar surface area (TPSA) is 43.8 Å². The highest BCUT2D eigenvalue weighted by Gasteiger charge is 2.11. The van der Waals surface area contributed by atoms with Crippen LogP contribution < -0.4 is 5.73 Å². The zero-order valence-electron chi connectivity index (χ0n) is 8.24. The molecule has 0 fully saturated rings. The number of nitrogens with zero attached hydrogens (tertiary/aromatic N) is 2. The van der Waals surface area contributed by atoms with E-state index >= 15 is 0 Å². The molecule has 0 aliphatic carbocycles. The molecule has 5 heteroatoms. The summed E-state index contributed by atoms with van der Waals surface area (Å²) in [6.45, 7) is 1.40. The van der Waals surface area contributed by atoms with E-state index in [1.165, 1.54) is 4.68 Å². The van der Waals surface area contributed by atoms with Crippen LogP contribution in [0.25, 0.3) is 10.9 Å². The maximum atomic E-state index is 12.3. The number of hydrogen-bond donors (Lipinski definition) is 1. The quantitative estimate of drug-likeness (QED) is 0.774. The largest absolute Gasteiger partial charge is 0.399 e. The van der Waals surface area contributed by atoms with Crippen LogP contribution in [0.5, 0.6) is 0 Å². The fourth-order valence-electron chi connectivity index (χ4n) is 1.63. The predicted octanol–water partition coefficient (Wildman–Crippen LogP) is 2.19. The average molecular weight is 211 g/mol. The standard InChI is InChI=1S/C10H11F2N3/c1-6-8-3-2-7(13)4-9(8)15(14-6)5-10(11)12/h2-4,10H,5,13H2,1H3. The first kappa shape index (κ1) is 9.89. The molecule has 0 bridgehead atoms. The van der Waals surface area contributed by atoms with Crippen molar-refractivity contribution in [2.75, 3.05) is 5.73 Å². The minimum atomic E-state index is -2.41. The lowest BCUT2D eigenvalue weighted by Crippen LogP contribution is -2.08. The van der Waals surface area contributed by atoms with Crippen molar-refractivity contribution in [3.8, 4) is 0 Å². The summed E-state index contributed by atoms with van der Waals surface area (Å²) >= 11 is 0. The summed E-state index contributed by atoms with van der Waals surface area (Å²) < 4.78 is 25.8. The van der Waals surface area contributed by atoms with Crippen molar-refractivity contribution >= 4 is 16.6 Å². The van der Waals surface area contributed by atoms with Crippen molar-refractivity contribution < 1.29 is 8.78 Å². The van der Waals surface area contributed by atoms with Gasteiger partial charge in [-0.1, -0.05) is 0 Å². The van der Waals surface area contributed by atoms with Gasteiger partial charge in [0, 0.05) is 11.1 Å². The van der Waals surface area contributed by atoms with Crippen molar-refractivity contribution in [1.29, 1.82) is 0 Å². The molecular formula is C10H11F2N3. The van der Waals surface area contributed by atoms with E-state index in [4.69, 9.17) is 5.73 Å². The van der Waals surface area contributed by atoms with Crippen molar-refractivity contribution in [3.05, 3.63) is 23.9 Å². The highest BCUT2D eigenvalue weighted by molar-refractivity contribution is 5.84. The summed E-state index contributed by atoms with van der Waals surface area (Å²) in [6.07, 6.45) is -2.41. The van der Waals surface area contributed by atoms with E-state index in [0.717, 1.165) is 11.1 Å². The number of alkyl halides is 2. The van der Waals surface area contributed by atoms with Crippen LogP contribution in [0.2, 0.25) is 0 Å². The Kier molecular flexibility index (Phi) is 2.30. The molecule has 1 aromatic heterocycles. The van der Waals surface area contributed by atoms with Crippen LogP contribution in [0.15, 0.2) is 18.2 Å². The molecule has 0 saturated carbocycles. The number of fused-ring (bicyclic) bond motifs is 1. The molecule has 15 heavy (non-hydrogen) atoms. The zero-order chi connectivity index (χ0) is 11.0. The number of anilines is 1. The van der Waals surface area contributed by atoms with E-state index in [-0.39, 0.29) is 0 Å². The lowest BCUT2D eigenvalue weighted by molar-refractivity contribution is 0.123. The first-order valence-electron chi connectivity index (χ1n) is 4.58. The van der Waals surface area contributed by atoms with E-state index in [9.17, 15) is 8.78 Å². The van der Waals surface area contributed by atoms with Crippen molar-refractivity contribution in [2.45, 2.75) is 19.9 Å². The molecule has 80 valence electrons. The van der Waals surface area contributed by atoms with Crippen LogP contribution in [0.4, 0.5) is 14.5 Å². The van der Waals surface area contributed by atoms with E-state index in [1.54, 1.807) is 25.1 Å². The molecule has 0 spiro atoms. The van der Waals surface area contributed by atoms with E-state index in [0.29, 0.717) is 11.2 Å². The van der Waals surface area contributed by atoms with Crippen LogP contribution in [0.3, 0.4) is 0 Å². The van der Waals surface area contributed by atoms with Crippen molar-refractivity contribution in [3.63, 3.8) is 0 Å². The number of nitrogens with two attached hydrogens (primary N) is 1. The summed E-state index contributed by atoms with van der Waals surface area (Å²) in [6, 6.07) is 5.20. The molecule has 3 nitrogen and oxygen atoms in total. The van der Waals surface area contributed by atoms with E-state index in [2.05, 4.69) is 5.10 Å². The second-order valence-corrected chi connectivity index (χ2v) is 3.44. The maximum absolute atomic E-state index is 12.3. The van der Waals surface area contributed by atoms with Gasteiger partial charge in [-0.25, -0.2) is 8.78 Å². The molecular weight excluding hydrogens is 200 g/mol. The van der Waals surface area contributed by atoms with Gasteiger partial charge in [-0.05, 0) is 25.1 Å². The third-order valence-electron chi connectivity index (χ3n) is 2.27. The molecule has 0 aliphatic heterocycles. The predicted molar refractivity (Wildman–Crippen MR) is 54.9 cm³/mol. The van der Waals surface area contributed by atoms with Crippen LogP contribution in [0.1, 0.15) is 5.69 Å². The van der Waals surface area contributed by atoms with Crippen LogP contribution in [-0.2, 0) is 6.54 Å². The fraction of sp³-hybridized carbons (Fsp3) is 0.300.